The molecule has 3 aliphatic heterocycles. The maximum absolute atomic E-state index is 13.9. The zero-order valence-electron chi connectivity index (χ0n) is 27.9. The first-order chi connectivity index (χ1) is 23.6. The fraction of sp³-hybridized carbons (Fsp3) is 0.472. The average Bonchev–Trinajstić information content (AvgIpc) is 3.84. The Kier molecular flexibility index (Phi) is 10.9. The van der Waals surface area contributed by atoms with Crippen LogP contribution in [-0.4, -0.2) is 81.6 Å². The normalized spacial score (nSPS) is 21.7. The Balaban J connectivity index is 1.19. The summed E-state index contributed by atoms with van der Waals surface area (Å²) in [6.45, 7) is 6.39. The van der Waals surface area contributed by atoms with Crippen molar-refractivity contribution in [2.24, 2.45) is 11.8 Å². The number of nitrogens with one attached hydrogen (secondary N) is 1. The lowest BCUT2D eigenvalue weighted by Gasteiger charge is -2.31. The van der Waals surface area contributed by atoms with Crippen molar-refractivity contribution in [3.63, 3.8) is 0 Å². The lowest BCUT2D eigenvalue weighted by atomic mass is 10.0. The van der Waals surface area contributed by atoms with Crippen molar-refractivity contribution in [2.45, 2.75) is 69.2 Å². The van der Waals surface area contributed by atoms with Crippen molar-refractivity contribution in [1.82, 2.24) is 9.62 Å². The number of fused-ring (bicyclic) bond motifs is 2. The highest BCUT2D eigenvalue weighted by molar-refractivity contribution is 7.89. The van der Waals surface area contributed by atoms with Crippen molar-refractivity contribution in [3.8, 4) is 17.2 Å². The predicted molar refractivity (Wildman–Crippen MR) is 179 cm³/mol. The smallest absolute Gasteiger partial charge is 0.407 e. The molecule has 0 spiro atoms. The Morgan fingerprint density at radius 2 is 1.73 bits per heavy atom. The maximum Gasteiger partial charge on any atom is 0.407 e. The number of carbonyl (C=O) groups is 1. The van der Waals surface area contributed by atoms with Crippen LogP contribution in [0.3, 0.4) is 0 Å². The van der Waals surface area contributed by atoms with Crippen LogP contribution in [0.2, 0.25) is 0 Å². The number of nitrogens with zero attached hydrogens (tertiary/aromatic N) is 1. The number of hydrogen-bond donors (Lipinski definition) is 2. The van der Waals surface area contributed by atoms with Crippen LogP contribution in [0.25, 0.3) is 0 Å². The van der Waals surface area contributed by atoms with E-state index in [9.17, 15) is 18.3 Å². The molecule has 3 aliphatic rings. The van der Waals surface area contributed by atoms with Crippen LogP contribution in [0.1, 0.15) is 44.4 Å². The number of sulfonamides is 1. The molecule has 0 saturated carbocycles. The first-order valence-corrected chi connectivity index (χ1v) is 18.1. The topological polar surface area (TPSA) is 142 Å². The molecule has 3 aromatic carbocycles. The molecule has 1 amide bonds. The molecule has 3 aromatic rings. The minimum absolute atomic E-state index is 0.0112. The minimum Gasteiger partial charge on any atom is -0.486 e. The molecule has 1 unspecified atom stereocenters. The van der Waals surface area contributed by atoms with E-state index >= 15 is 0 Å². The summed E-state index contributed by atoms with van der Waals surface area (Å²) in [5, 5.41) is 14.5. The van der Waals surface area contributed by atoms with Crippen molar-refractivity contribution >= 4 is 16.1 Å². The van der Waals surface area contributed by atoms with Crippen molar-refractivity contribution in [1.29, 1.82) is 0 Å². The standard InChI is InChI=1S/C36H44N2O10S/c1-23(2)19-38(49(41,42)28-13-14-32-33(18-28)46-22-45-32)20-31(39)30(37-36(40)48-34-21-44-35-29(34)15-16-43-35)17-25-9-11-27(12-10-25)47-24(3)26-7-5-4-6-8-26/h4-14,18,23-24,29-31,34-35,39H,15-17,19-22H2,1-3H3,(H,37,40)/t24?,29-,30-,31+,34-,35+/m0/s1. The molecule has 2 fully saturated rings. The Morgan fingerprint density at radius 3 is 2.49 bits per heavy atom. The first-order valence-electron chi connectivity index (χ1n) is 16.7. The van der Waals surface area contributed by atoms with Crippen molar-refractivity contribution < 1.29 is 46.7 Å². The van der Waals surface area contributed by atoms with E-state index in [0.29, 0.717) is 30.3 Å². The number of hydrogen-bond acceptors (Lipinski definition) is 10. The summed E-state index contributed by atoms with van der Waals surface area (Å²) in [7, 11) is -4.07. The van der Waals surface area contributed by atoms with Crippen LogP contribution in [0.5, 0.6) is 17.2 Å². The number of rotatable bonds is 14. The van der Waals surface area contributed by atoms with Crippen LogP contribution in [-0.2, 0) is 30.7 Å². The number of aliphatic hydroxyl groups is 1. The third-order valence-corrected chi connectivity index (χ3v) is 10.7. The number of ether oxygens (including phenoxy) is 6. The van der Waals surface area contributed by atoms with Crippen molar-refractivity contribution in [2.75, 3.05) is 33.1 Å². The molecule has 12 nitrogen and oxygen atoms in total. The minimum atomic E-state index is -4.07. The predicted octanol–water partition coefficient (Wildman–Crippen LogP) is 4.66. The van der Waals surface area contributed by atoms with Crippen molar-refractivity contribution in [3.05, 3.63) is 83.9 Å². The van der Waals surface area contributed by atoms with Gasteiger partial charge in [-0.25, -0.2) is 13.2 Å². The van der Waals surface area contributed by atoms with E-state index in [-0.39, 0.29) is 55.7 Å². The summed E-state index contributed by atoms with van der Waals surface area (Å²) in [6, 6.07) is 20.8. The molecular weight excluding hydrogens is 652 g/mol. The number of carbonyl (C=O) groups excluding carboxylic acids is 1. The fourth-order valence-corrected chi connectivity index (χ4v) is 7.95. The summed E-state index contributed by atoms with van der Waals surface area (Å²) >= 11 is 0. The SMILES string of the molecule is CC(C)CN(C[C@@H](O)[C@H](Cc1ccc(OC(C)c2ccccc2)cc1)NC(=O)O[C@H]1CO[C@H]2OCC[C@H]21)S(=O)(=O)c1ccc2c(c1)OCO2. The molecule has 0 radical (unpaired) electrons. The Bertz CT molecular complexity index is 1670. The summed E-state index contributed by atoms with van der Waals surface area (Å²) < 4.78 is 62.9. The van der Waals surface area contributed by atoms with E-state index in [2.05, 4.69) is 5.32 Å². The number of alkyl carbamates (subject to hydrolysis) is 1. The lowest BCUT2D eigenvalue weighted by Crippen LogP contribution is -2.51. The zero-order valence-corrected chi connectivity index (χ0v) is 28.7. The molecule has 0 aliphatic carbocycles. The summed E-state index contributed by atoms with van der Waals surface area (Å²) in [6.07, 6.45) is -2.16. The third-order valence-electron chi connectivity index (χ3n) is 8.91. The van der Waals surface area contributed by atoms with Gasteiger partial charge >= 0.3 is 6.09 Å². The van der Waals surface area contributed by atoms with Gasteiger partial charge in [-0.1, -0.05) is 56.3 Å². The van der Waals surface area contributed by atoms with Gasteiger partial charge in [0, 0.05) is 19.2 Å². The molecule has 13 heteroatoms. The Hall–Kier alpha value is -3.88. The van der Waals surface area contributed by atoms with Gasteiger partial charge in [0.1, 0.15) is 18.0 Å². The molecule has 264 valence electrons. The highest BCUT2D eigenvalue weighted by atomic mass is 32.2. The Morgan fingerprint density at radius 1 is 0.980 bits per heavy atom. The van der Waals surface area contributed by atoms with Gasteiger partial charge in [-0.3, -0.25) is 0 Å². The van der Waals surface area contributed by atoms with E-state index < -0.39 is 40.7 Å². The van der Waals surface area contributed by atoms with Crippen LogP contribution < -0.4 is 19.5 Å². The monoisotopic (exact) mass is 696 g/mol. The highest BCUT2D eigenvalue weighted by Gasteiger charge is 2.44. The van der Waals surface area contributed by atoms with Gasteiger partial charge in [-0.05, 0) is 61.1 Å². The number of aliphatic hydroxyl groups excluding tert-OH is 1. The van der Waals surface area contributed by atoms with Crippen LogP contribution in [0.4, 0.5) is 4.79 Å². The van der Waals surface area contributed by atoms with Gasteiger partial charge < -0.3 is 38.8 Å². The molecule has 3 heterocycles. The quantitative estimate of drug-likeness (QED) is 0.245. The maximum atomic E-state index is 13.9. The summed E-state index contributed by atoms with van der Waals surface area (Å²) in [5.74, 6) is 1.35. The van der Waals surface area contributed by atoms with E-state index in [4.69, 9.17) is 28.4 Å². The Labute approximate surface area is 287 Å². The van der Waals surface area contributed by atoms with Gasteiger partial charge in [0.15, 0.2) is 17.8 Å². The van der Waals surface area contributed by atoms with Gasteiger partial charge in [0.25, 0.3) is 0 Å². The van der Waals surface area contributed by atoms with Crippen LogP contribution in [0.15, 0.2) is 77.7 Å². The van der Waals surface area contributed by atoms with E-state index in [0.717, 1.165) is 11.1 Å². The van der Waals surface area contributed by atoms with Crippen LogP contribution in [0, 0.1) is 11.8 Å². The second-order valence-electron chi connectivity index (χ2n) is 13.0. The van der Waals surface area contributed by atoms with E-state index in [1.165, 1.54) is 16.4 Å². The van der Waals surface area contributed by atoms with E-state index in [1.807, 2.05) is 75.4 Å². The summed E-state index contributed by atoms with van der Waals surface area (Å²) in [4.78, 5) is 13.3. The second-order valence-corrected chi connectivity index (χ2v) is 15.0. The molecule has 2 N–H and O–H groups in total. The van der Waals surface area contributed by atoms with Gasteiger partial charge in [-0.15, -0.1) is 0 Å². The molecule has 6 atom stereocenters. The fourth-order valence-electron chi connectivity index (χ4n) is 6.31. The number of amides is 1. The van der Waals surface area contributed by atoms with Gasteiger partial charge in [0.05, 0.1) is 36.2 Å². The highest BCUT2D eigenvalue weighted by Crippen LogP contribution is 2.35. The van der Waals surface area contributed by atoms with Gasteiger partial charge in [0.2, 0.25) is 16.8 Å². The summed E-state index contributed by atoms with van der Waals surface area (Å²) in [5.41, 5.74) is 1.84. The lowest BCUT2D eigenvalue weighted by molar-refractivity contribution is -0.0907. The molecule has 49 heavy (non-hydrogen) atoms. The average molecular weight is 697 g/mol. The molecule has 0 aromatic heterocycles. The first kappa shape index (κ1) is 35.0. The molecule has 6 rings (SSSR count). The largest absolute Gasteiger partial charge is 0.486 e. The molecule has 0 bridgehead atoms. The number of benzene rings is 3. The molecule has 2 saturated heterocycles. The van der Waals surface area contributed by atoms with Gasteiger partial charge in [-0.2, -0.15) is 4.31 Å². The zero-order chi connectivity index (χ0) is 34.5. The second kappa shape index (κ2) is 15.3. The van der Waals surface area contributed by atoms with Crippen LogP contribution >= 0.6 is 0 Å². The molecular formula is C36H44N2O10S. The van der Waals surface area contributed by atoms with E-state index in [1.54, 1.807) is 6.07 Å². The third kappa shape index (κ3) is 8.47.